The SMILES string of the molecule is CC(NC(=O)c1cc(Cl)ccc1N)c1nncn1C. The van der Waals surface area contributed by atoms with Crippen molar-refractivity contribution in [1.82, 2.24) is 20.1 Å². The molecular formula is C12H14ClN5O. The first-order chi connectivity index (χ1) is 8.99. The van der Waals surface area contributed by atoms with E-state index >= 15 is 0 Å². The minimum atomic E-state index is -0.296. The Morgan fingerprint density at radius 1 is 1.53 bits per heavy atom. The van der Waals surface area contributed by atoms with E-state index in [0.717, 1.165) is 0 Å². The maximum Gasteiger partial charge on any atom is 0.254 e. The Labute approximate surface area is 115 Å². The number of benzene rings is 1. The fraction of sp³-hybridized carbons (Fsp3) is 0.250. The van der Waals surface area contributed by atoms with E-state index < -0.39 is 0 Å². The maximum absolute atomic E-state index is 12.1. The van der Waals surface area contributed by atoms with Gasteiger partial charge in [0.1, 0.15) is 6.33 Å². The van der Waals surface area contributed by atoms with Crippen molar-refractivity contribution < 1.29 is 4.79 Å². The van der Waals surface area contributed by atoms with Gasteiger partial charge in [-0.1, -0.05) is 11.6 Å². The summed E-state index contributed by atoms with van der Waals surface area (Å²) in [6.07, 6.45) is 1.58. The second kappa shape index (κ2) is 5.27. The summed E-state index contributed by atoms with van der Waals surface area (Å²) in [5.74, 6) is 0.365. The molecule has 2 aromatic rings. The Morgan fingerprint density at radius 2 is 2.26 bits per heavy atom. The smallest absolute Gasteiger partial charge is 0.254 e. The van der Waals surface area contributed by atoms with E-state index in [4.69, 9.17) is 17.3 Å². The molecule has 0 aliphatic heterocycles. The van der Waals surface area contributed by atoms with Gasteiger partial charge in [0.25, 0.3) is 5.91 Å². The molecule has 100 valence electrons. The van der Waals surface area contributed by atoms with Crippen molar-refractivity contribution in [3.63, 3.8) is 0 Å². The molecule has 0 spiro atoms. The third-order valence-electron chi connectivity index (χ3n) is 2.74. The average molecular weight is 280 g/mol. The molecule has 0 aliphatic rings. The van der Waals surface area contributed by atoms with Crippen LogP contribution in [0.5, 0.6) is 0 Å². The molecule has 1 aromatic heterocycles. The van der Waals surface area contributed by atoms with Crippen LogP contribution in [-0.4, -0.2) is 20.7 Å². The van der Waals surface area contributed by atoms with Gasteiger partial charge in [0, 0.05) is 17.8 Å². The molecule has 1 unspecified atom stereocenters. The van der Waals surface area contributed by atoms with Crippen LogP contribution in [0.25, 0.3) is 0 Å². The highest BCUT2D eigenvalue weighted by molar-refractivity contribution is 6.31. The number of amides is 1. The van der Waals surface area contributed by atoms with Crippen LogP contribution in [0, 0.1) is 0 Å². The standard InChI is InChI=1S/C12H14ClN5O/c1-7(11-17-15-6-18(11)2)16-12(19)9-5-8(13)3-4-10(9)14/h3-7H,14H2,1-2H3,(H,16,19). The number of carbonyl (C=O) groups excluding carboxylic acids is 1. The molecule has 0 radical (unpaired) electrons. The summed E-state index contributed by atoms with van der Waals surface area (Å²) in [7, 11) is 1.81. The molecule has 1 atom stereocenters. The topological polar surface area (TPSA) is 85.8 Å². The Hall–Kier alpha value is -2.08. The Bertz CT molecular complexity index is 610. The summed E-state index contributed by atoms with van der Waals surface area (Å²) in [6, 6.07) is 4.50. The largest absolute Gasteiger partial charge is 0.398 e. The van der Waals surface area contributed by atoms with Crippen molar-refractivity contribution in [2.75, 3.05) is 5.73 Å². The number of aromatic nitrogens is 3. The molecular weight excluding hydrogens is 266 g/mol. The molecule has 1 amide bonds. The fourth-order valence-electron chi connectivity index (χ4n) is 1.75. The van der Waals surface area contributed by atoms with Gasteiger partial charge in [0.2, 0.25) is 0 Å². The van der Waals surface area contributed by atoms with Crippen LogP contribution in [0.4, 0.5) is 5.69 Å². The van der Waals surface area contributed by atoms with Crippen LogP contribution in [0.15, 0.2) is 24.5 Å². The number of nitrogen functional groups attached to an aromatic ring is 1. The fourth-order valence-corrected chi connectivity index (χ4v) is 1.92. The minimum absolute atomic E-state index is 0.279. The zero-order valence-electron chi connectivity index (χ0n) is 10.6. The van der Waals surface area contributed by atoms with Crippen molar-refractivity contribution >= 4 is 23.2 Å². The lowest BCUT2D eigenvalue weighted by atomic mass is 10.1. The van der Waals surface area contributed by atoms with E-state index in [1.54, 1.807) is 23.0 Å². The van der Waals surface area contributed by atoms with Gasteiger partial charge >= 0.3 is 0 Å². The average Bonchev–Trinajstić information content (AvgIpc) is 2.78. The van der Waals surface area contributed by atoms with E-state index in [2.05, 4.69) is 15.5 Å². The van der Waals surface area contributed by atoms with Crippen molar-refractivity contribution in [1.29, 1.82) is 0 Å². The van der Waals surface area contributed by atoms with Gasteiger partial charge in [-0.25, -0.2) is 0 Å². The van der Waals surface area contributed by atoms with Gasteiger partial charge in [-0.15, -0.1) is 10.2 Å². The first kappa shape index (κ1) is 13.4. The zero-order valence-corrected chi connectivity index (χ0v) is 11.3. The van der Waals surface area contributed by atoms with Gasteiger partial charge in [-0.05, 0) is 25.1 Å². The molecule has 2 rings (SSSR count). The van der Waals surface area contributed by atoms with E-state index in [1.807, 2.05) is 14.0 Å². The van der Waals surface area contributed by atoms with Crippen molar-refractivity contribution in [3.8, 4) is 0 Å². The van der Waals surface area contributed by atoms with Gasteiger partial charge in [-0.2, -0.15) is 0 Å². The Morgan fingerprint density at radius 3 is 2.89 bits per heavy atom. The molecule has 0 saturated heterocycles. The summed E-state index contributed by atoms with van der Waals surface area (Å²) in [5, 5.41) is 11.0. The number of nitrogens with one attached hydrogen (secondary N) is 1. The Balaban J connectivity index is 2.17. The summed E-state index contributed by atoms with van der Waals surface area (Å²) in [5.41, 5.74) is 6.49. The van der Waals surface area contributed by atoms with E-state index in [1.165, 1.54) is 6.07 Å². The van der Waals surface area contributed by atoms with Crippen molar-refractivity contribution in [2.45, 2.75) is 13.0 Å². The van der Waals surface area contributed by atoms with Crippen LogP contribution in [-0.2, 0) is 7.05 Å². The molecule has 0 fully saturated rings. The summed E-state index contributed by atoms with van der Waals surface area (Å²) < 4.78 is 1.74. The predicted molar refractivity (Wildman–Crippen MR) is 72.7 cm³/mol. The Kier molecular flexibility index (Phi) is 3.71. The molecule has 1 aromatic carbocycles. The third-order valence-corrected chi connectivity index (χ3v) is 2.98. The van der Waals surface area contributed by atoms with E-state index in [9.17, 15) is 4.79 Å². The van der Waals surface area contributed by atoms with Gasteiger partial charge in [0.05, 0.1) is 11.6 Å². The monoisotopic (exact) mass is 279 g/mol. The van der Waals surface area contributed by atoms with Crippen LogP contribution >= 0.6 is 11.6 Å². The molecule has 7 heteroatoms. The van der Waals surface area contributed by atoms with Gasteiger partial charge in [0.15, 0.2) is 5.82 Å². The summed E-state index contributed by atoms with van der Waals surface area (Å²) in [6.45, 7) is 1.82. The van der Waals surface area contributed by atoms with Crippen LogP contribution in [0.1, 0.15) is 29.1 Å². The molecule has 6 nitrogen and oxygen atoms in total. The highest BCUT2D eigenvalue weighted by Crippen LogP contribution is 2.19. The molecule has 0 aliphatic carbocycles. The number of aryl methyl sites for hydroxylation is 1. The maximum atomic E-state index is 12.1. The lowest BCUT2D eigenvalue weighted by molar-refractivity contribution is 0.0938. The quantitative estimate of drug-likeness (QED) is 0.835. The number of nitrogens with zero attached hydrogens (tertiary/aromatic N) is 3. The number of anilines is 1. The lowest BCUT2D eigenvalue weighted by Gasteiger charge is -2.14. The van der Waals surface area contributed by atoms with E-state index in [-0.39, 0.29) is 11.9 Å². The van der Waals surface area contributed by atoms with Crippen molar-refractivity contribution in [2.24, 2.45) is 7.05 Å². The zero-order chi connectivity index (χ0) is 14.0. The summed E-state index contributed by atoms with van der Waals surface area (Å²) in [4.78, 5) is 12.1. The molecule has 1 heterocycles. The molecule has 0 saturated carbocycles. The number of carbonyl (C=O) groups is 1. The number of hydrogen-bond acceptors (Lipinski definition) is 4. The normalized spacial score (nSPS) is 12.2. The van der Waals surface area contributed by atoms with Crippen LogP contribution < -0.4 is 11.1 Å². The lowest BCUT2D eigenvalue weighted by Crippen LogP contribution is -2.29. The number of nitrogens with two attached hydrogens (primary N) is 1. The van der Waals surface area contributed by atoms with Gasteiger partial charge < -0.3 is 15.6 Å². The molecule has 19 heavy (non-hydrogen) atoms. The first-order valence-corrected chi connectivity index (χ1v) is 6.06. The third kappa shape index (κ3) is 2.85. The highest BCUT2D eigenvalue weighted by atomic mass is 35.5. The van der Waals surface area contributed by atoms with Crippen LogP contribution in [0.3, 0.4) is 0 Å². The first-order valence-electron chi connectivity index (χ1n) is 5.69. The number of rotatable bonds is 3. The van der Waals surface area contributed by atoms with Crippen LogP contribution in [0.2, 0.25) is 5.02 Å². The molecule has 0 bridgehead atoms. The second-order valence-electron chi connectivity index (χ2n) is 4.23. The number of hydrogen-bond donors (Lipinski definition) is 2. The minimum Gasteiger partial charge on any atom is -0.398 e. The number of halogens is 1. The summed E-state index contributed by atoms with van der Waals surface area (Å²) >= 11 is 5.86. The highest BCUT2D eigenvalue weighted by Gasteiger charge is 2.17. The second-order valence-corrected chi connectivity index (χ2v) is 4.66. The van der Waals surface area contributed by atoms with Crippen molar-refractivity contribution in [3.05, 3.63) is 40.9 Å². The van der Waals surface area contributed by atoms with E-state index in [0.29, 0.717) is 22.1 Å². The van der Waals surface area contributed by atoms with Gasteiger partial charge in [-0.3, -0.25) is 4.79 Å². The molecule has 3 N–H and O–H groups in total. The predicted octanol–water partition coefficient (Wildman–Crippen LogP) is 1.54.